The van der Waals surface area contributed by atoms with E-state index in [2.05, 4.69) is 22.9 Å². The van der Waals surface area contributed by atoms with Crippen LogP contribution in [-0.2, 0) is 11.2 Å². The van der Waals surface area contributed by atoms with Crippen molar-refractivity contribution in [2.24, 2.45) is 5.84 Å². The lowest BCUT2D eigenvalue weighted by molar-refractivity contribution is 0.219. The topological polar surface area (TPSA) is 47.3 Å². The average Bonchev–Trinajstić information content (AvgIpc) is 2.80. The number of thiophene rings is 1. The normalized spacial score (nSPS) is 18.1. The molecule has 0 fully saturated rings. The first-order chi connectivity index (χ1) is 7.40. The van der Waals surface area contributed by atoms with Crippen molar-refractivity contribution < 1.29 is 4.74 Å². The Morgan fingerprint density at radius 1 is 1.60 bits per heavy atom. The molecule has 0 aromatic carbocycles. The highest BCUT2D eigenvalue weighted by molar-refractivity contribution is 7.09. The van der Waals surface area contributed by atoms with Gasteiger partial charge in [0.25, 0.3) is 0 Å². The van der Waals surface area contributed by atoms with E-state index in [9.17, 15) is 0 Å². The Morgan fingerprint density at radius 2 is 2.53 bits per heavy atom. The Morgan fingerprint density at radius 3 is 3.13 bits per heavy atom. The molecule has 4 heteroatoms. The third-order valence-corrected chi connectivity index (χ3v) is 3.50. The first-order valence-electron chi connectivity index (χ1n) is 5.19. The number of nitrogens with two attached hydrogens (primary N) is 1. The Balaban J connectivity index is 2.00. The Labute approximate surface area is 93.9 Å². The van der Waals surface area contributed by atoms with E-state index >= 15 is 0 Å². The van der Waals surface area contributed by atoms with Crippen molar-refractivity contribution in [1.29, 1.82) is 0 Å². The molecule has 82 valence electrons. The van der Waals surface area contributed by atoms with Gasteiger partial charge in [-0.1, -0.05) is 6.07 Å². The van der Waals surface area contributed by atoms with Crippen molar-refractivity contribution in [2.75, 3.05) is 6.61 Å². The van der Waals surface area contributed by atoms with E-state index in [1.165, 1.54) is 10.5 Å². The standard InChI is InChI=1S/C11H16N2OS/c12-13-11(7-10-4-2-6-15-10)9-3-1-5-14-8-9/h2,4,6,8,11,13H,1,3,5,7,12H2. The van der Waals surface area contributed by atoms with Crippen molar-refractivity contribution in [3.63, 3.8) is 0 Å². The molecule has 3 nitrogen and oxygen atoms in total. The SMILES string of the molecule is NNC(Cc1cccs1)C1=COCCC1. The number of hydrogen-bond acceptors (Lipinski definition) is 4. The molecule has 0 saturated carbocycles. The van der Waals surface area contributed by atoms with E-state index in [4.69, 9.17) is 10.6 Å². The van der Waals surface area contributed by atoms with E-state index < -0.39 is 0 Å². The van der Waals surface area contributed by atoms with Crippen LogP contribution in [0.25, 0.3) is 0 Å². The summed E-state index contributed by atoms with van der Waals surface area (Å²) in [6.07, 6.45) is 4.99. The fourth-order valence-electron chi connectivity index (χ4n) is 1.77. The second-order valence-electron chi connectivity index (χ2n) is 3.67. The van der Waals surface area contributed by atoms with Gasteiger partial charge in [0.2, 0.25) is 0 Å². The first kappa shape index (κ1) is 10.7. The smallest absolute Gasteiger partial charge is 0.0876 e. The van der Waals surface area contributed by atoms with Gasteiger partial charge in [0, 0.05) is 11.3 Å². The Kier molecular flexibility index (Phi) is 3.77. The molecule has 1 aliphatic heterocycles. The maximum atomic E-state index is 5.58. The molecule has 2 rings (SSSR count). The summed E-state index contributed by atoms with van der Waals surface area (Å²) in [5.41, 5.74) is 4.14. The van der Waals surface area contributed by atoms with Crippen LogP contribution < -0.4 is 11.3 Å². The van der Waals surface area contributed by atoms with Gasteiger partial charge in [-0.2, -0.15) is 0 Å². The van der Waals surface area contributed by atoms with Crippen LogP contribution in [0.15, 0.2) is 29.3 Å². The van der Waals surface area contributed by atoms with Crippen LogP contribution in [0.1, 0.15) is 17.7 Å². The minimum Gasteiger partial charge on any atom is -0.501 e. The zero-order chi connectivity index (χ0) is 10.5. The largest absolute Gasteiger partial charge is 0.501 e. The van der Waals surface area contributed by atoms with E-state index in [-0.39, 0.29) is 6.04 Å². The molecule has 0 aliphatic carbocycles. The van der Waals surface area contributed by atoms with Crippen LogP contribution >= 0.6 is 11.3 Å². The van der Waals surface area contributed by atoms with Crippen molar-refractivity contribution in [2.45, 2.75) is 25.3 Å². The van der Waals surface area contributed by atoms with E-state index in [1.807, 2.05) is 6.26 Å². The zero-order valence-electron chi connectivity index (χ0n) is 8.61. The highest BCUT2D eigenvalue weighted by Gasteiger charge is 2.16. The molecule has 0 saturated heterocycles. The molecule has 1 aromatic heterocycles. The molecule has 2 heterocycles. The predicted octanol–water partition coefficient (Wildman–Crippen LogP) is 1.82. The second-order valence-corrected chi connectivity index (χ2v) is 4.70. The third-order valence-electron chi connectivity index (χ3n) is 2.60. The molecular weight excluding hydrogens is 208 g/mol. The van der Waals surface area contributed by atoms with Gasteiger partial charge < -0.3 is 4.74 Å². The minimum absolute atomic E-state index is 0.212. The van der Waals surface area contributed by atoms with Gasteiger partial charge in [-0.05, 0) is 29.9 Å². The van der Waals surface area contributed by atoms with E-state index in [0.717, 1.165) is 25.9 Å². The zero-order valence-corrected chi connectivity index (χ0v) is 9.43. The number of rotatable bonds is 4. The Bertz CT molecular complexity index is 321. The molecule has 1 aliphatic rings. The summed E-state index contributed by atoms with van der Waals surface area (Å²) in [5, 5.41) is 2.09. The summed E-state index contributed by atoms with van der Waals surface area (Å²) in [4.78, 5) is 1.35. The fraction of sp³-hybridized carbons (Fsp3) is 0.455. The molecule has 0 radical (unpaired) electrons. The van der Waals surface area contributed by atoms with E-state index in [1.54, 1.807) is 11.3 Å². The molecule has 3 N–H and O–H groups in total. The maximum absolute atomic E-state index is 5.58. The molecule has 0 amide bonds. The lowest BCUT2D eigenvalue weighted by Gasteiger charge is -2.22. The van der Waals surface area contributed by atoms with Crippen LogP contribution in [0.3, 0.4) is 0 Å². The average molecular weight is 224 g/mol. The summed E-state index contributed by atoms with van der Waals surface area (Å²) < 4.78 is 5.33. The lowest BCUT2D eigenvalue weighted by Crippen LogP contribution is -2.38. The van der Waals surface area contributed by atoms with Crippen molar-refractivity contribution in [1.82, 2.24) is 5.43 Å². The van der Waals surface area contributed by atoms with Crippen molar-refractivity contribution in [3.8, 4) is 0 Å². The van der Waals surface area contributed by atoms with Gasteiger partial charge in [-0.3, -0.25) is 11.3 Å². The van der Waals surface area contributed by atoms with Gasteiger partial charge in [0.15, 0.2) is 0 Å². The van der Waals surface area contributed by atoms with Crippen LogP contribution in [0.2, 0.25) is 0 Å². The molecule has 1 unspecified atom stereocenters. The lowest BCUT2D eigenvalue weighted by atomic mass is 9.99. The van der Waals surface area contributed by atoms with Gasteiger partial charge in [-0.15, -0.1) is 11.3 Å². The first-order valence-corrected chi connectivity index (χ1v) is 6.07. The number of hydrogen-bond donors (Lipinski definition) is 2. The number of hydrazine groups is 1. The monoisotopic (exact) mass is 224 g/mol. The summed E-state index contributed by atoms with van der Waals surface area (Å²) >= 11 is 1.77. The molecule has 0 spiro atoms. The van der Waals surface area contributed by atoms with Crippen LogP contribution in [0.5, 0.6) is 0 Å². The van der Waals surface area contributed by atoms with Crippen molar-refractivity contribution in [3.05, 3.63) is 34.2 Å². The third kappa shape index (κ3) is 2.81. The van der Waals surface area contributed by atoms with Gasteiger partial charge >= 0.3 is 0 Å². The second kappa shape index (κ2) is 5.30. The predicted molar refractivity (Wildman–Crippen MR) is 62.4 cm³/mol. The van der Waals surface area contributed by atoms with Gasteiger partial charge in [-0.25, -0.2) is 0 Å². The highest BCUT2D eigenvalue weighted by atomic mass is 32.1. The summed E-state index contributed by atoms with van der Waals surface area (Å²) in [6.45, 7) is 0.833. The quantitative estimate of drug-likeness (QED) is 0.606. The molecular formula is C11H16N2OS. The van der Waals surface area contributed by atoms with Gasteiger partial charge in [0.05, 0.1) is 18.9 Å². The summed E-state index contributed by atoms with van der Waals surface area (Å²) in [6, 6.07) is 4.42. The van der Waals surface area contributed by atoms with Crippen molar-refractivity contribution >= 4 is 11.3 Å². The Hall–Kier alpha value is -0.840. The minimum atomic E-state index is 0.212. The molecule has 15 heavy (non-hydrogen) atoms. The van der Waals surface area contributed by atoms with Crippen LogP contribution in [-0.4, -0.2) is 12.6 Å². The molecule has 1 atom stereocenters. The van der Waals surface area contributed by atoms with E-state index in [0.29, 0.717) is 0 Å². The summed E-state index contributed by atoms with van der Waals surface area (Å²) in [5.74, 6) is 5.58. The van der Waals surface area contributed by atoms with Gasteiger partial charge in [0.1, 0.15) is 0 Å². The maximum Gasteiger partial charge on any atom is 0.0876 e. The fourth-order valence-corrected chi connectivity index (χ4v) is 2.52. The highest BCUT2D eigenvalue weighted by Crippen LogP contribution is 2.20. The number of nitrogens with one attached hydrogen (secondary N) is 1. The number of ether oxygens (including phenoxy) is 1. The molecule has 1 aromatic rings. The summed E-state index contributed by atoms with van der Waals surface area (Å²) in [7, 11) is 0. The van der Waals surface area contributed by atoms with Crippen LogP contribution in [0, 0.1) is 0 Å². The van der Waals surface area contributed by atoms with Crippen LogP contribution in [0.4, 0.5) is 0 Å². The molecule has 0 bridgehead atoms.